The first-order valence-corrected chi connectivity index (χ1v) is 39.2. The number of fused-ring (bicyclic) bond motifs is 6. The van der Waals surface area contributed by atoms with Gasteiger partial charge in [0.15, 0.2) is 11.6 Å². The Morgan fingerprint density at radius 3 is 0.764 bits per heavy atom. The highest BCUT2D eigenvalue weighted by Gasteiger charge is 2.39. The molecule has 0 aliphatic heterocycles. The van der Waals surface area contributed by atoms with Crippen molar-refractivity contribution in [1.82, 2.24) is 0 Å². The second-order valence-corrected chi connectivity index (χ2v) is 31.2. The van der Waals surface area contributed by atoms with Gasteiger partial charge in [0.2, 0.25) is 0 Å². The molecule has 18 rings (SSSR count). The van der Waals surface area contributed by atoms with Gasteiger partial charge in [-0.1, -0.05) is 233 Å². The van der Waals surface area contributed by atoms with Crippen molar-refractivity contribution in [3.8, 4) is 44.5 Å². The van der Waals surface area contributed by atoms with Gasteiger partial charge in [-0.2, -0.15) is 0 Å². The van der Waals surface area contributed by atoms with E-state index in [0.717, 1.165) is 45.5 Å². The van der Waals surface area contributed by atoms with Crippen molar-refractivity contribution >= 4 is 101 Å². The zero-order valence-electron chi connectivity index (χ0n) is 62.2. The Kier molecular flexibility index (Phi) is 18.9. The molecular formula is C102H80N4O2S2. The summed E-state index contributed by atoms with van der Waals surface area (Å²) in [5.41, 5.74) is 30.4. The van der Waals surface area contributed by atoms with Crippen LogP contribution in [0.2, 0.25) is 0 Å². The summed E-state index contributed by atoms with van der Waals surface area (Å²) in [4.78, 5) is 35.9. The van der Waals surface area contributed by atoms with Crippen LogP contribution in [0.25, 0.3) is 44.5 Å². The number of anilines is 12. The number of carbonyl (C=O) groups excluding carboxylic acids is 2. The number of hydrogen-bond donors (Lipinski definition) is 0. The van der Waals surface area contributed by atoms with E-state index in [4.69, 9.17) is 0 Å². The van der Waals surface area contributed by atoms with Gasteiger partial charge in [0.1, 0.15) is 0 Å². The Morgan fingerprint density at radius 2 is 0.473 bits per heavy atom. The summed E-state index contributed by atoms with van der Waals surface area (Å²) >= 11 is 3.53. The Bertz CT molecular complexity index is 5600. The van der Waals surface area contributed by atoms with E-state index >= 15 is 0 Å². The van der Waals surface area contributed by atoms with Crippen molar-refractivity contribution in [2.24, 2.45) is 0 Å². The molecule has 8 heteroatoms. The smallest absolute Gasteiger partial charge is 0.193 e. The van der Waals surface area contributed by atoms with Crippen LogP contribution in [0.5, 0.6) is 0 Å². The van der Waals surface area contributed by atoms with Crippen molar-refractivity contribution < 1.29 is 9.59 Å². The average Bonchev–Trinajstić information content (AvgIpc) is 1.58. The number of ketones is 2. The lowest BCUT2D eigenvalue weighted by molar-refractivity contribution is 0.103. The molecule has 0 radical (unpaired) electrons. The molecule has 0 fully saturated rings. The van der Waals surface area contributed by atoms with Crippen molar-refractivity contribution in [1.29, 1.82) is 0 Å². The van der Waals surface area contributed by atoms with E-state index in [1.165, 1.54) is 99.3 Å². The third kappa shape index (κ3) is 13.5. The molecule has 0 atom stereocenters. The molecule has 0 spiro atoms. The van der Waals surface area contributed by atoms with E-state index in [9.17, 15) is 9.59 Å². The number of carbonyl (C=O) groups is 2. The van der Waals surface area contributed by atoms with Crippen LogP contribution < -0.4 is 19.6 Å². The van der Waals surface area contributed by atoms with Gasteiger partial charge in [-0.15, -0.1) is 22.7 Å². The zero-order valence-corrected chi connectivity index (χ0v) is 63.9. The fraction of sp³-hybridized carbons (Fsp3) is 0.0784. The maximum Gasteiger partial charge on any atom is 0.193 e. The first-order valence-electron chi connectivity index (χ1n) is 37.4. The molecule has 0 bridgehead atoms. The van der Waals surface area contributed by atoms with Crippen LogP contribution in [-0.2, 0) is 10.8 Å². The lowest BCUT2D eigenvalue weighted by Crippen LogP contribution is -2.17. The molecule has 2 heterocycles. The van der Waals surface area contributed by atoms with E-state index in [1.807, 2.05) is 109 Å². The summed E-state index contributed by atoms with van der Waals surface area (Å²) < 4.78 is 0. The number of rotatable bonds is 18. The van der Waals surface area contributed by atoms with Crippen LogP contribution in [0, 0.1) is 13.8 Å². The van der Waals surface area contributed by atoms with Gasteiger partial charge in [-0.05, 0) is 261 Å². The maximum absolute atomic E-state index is 13.3. The molecule has 0 saturated heterocycles. The SMILES string of the molecule is CC1(C)c2cc(N(c3ccc(-c4ccccc4)cc3)c3cccs3)ccc2-c2ccc(N(c3ccc(-c4ccccc4)cc3)c3cccs3)cc21.Cc1ccc(N(c2ccc(C(=O)c3ccccc3)cc2)c2ccc3c(c2)C(C)(C)c2cc(N(c4ccc(C)cc4)c4ccc(C(=O)c5ccccc5)cc4)ccc2-3)cc1. The predicted octanol–water partition coefficient (Wildman–Crippen LogP) is 28.4. The standard InChI is InChI=1S/C55H44N2O2.C47H36N2S2/c1-37-15-23-43(24-16-37)56(45-27-19-41(20-28-45)53(58)39-11-7-5-8-12-39)47-31-33-49-50-34-32-48(36-52(50)55(3,4)51(49)35-47)57(44-25-17-38(2)18-26-44)46-29-21-42(22-30-46)54(59)40-13-9-6-10-14-40;1-47(2)43-31-39(48(45-15-9-29-50-45)37-21-17-35(18-22-37)33-11-5-3-6-12-33)25-27-41(43)42-28-26-40(32-44(42)47)49(46-16-10-30-51-46)38-23-19-36(20-24-38)34-13-7-4-8-14-34/h5-36H,1-4H3;3-32H,1-2H3. The Hall–Kier alpha value is -13.0. The van der Waals surface area contributed by atoms with Crippen LogP contribution in [0.15, 0.2) is 375 Å². The maximum atomic E-state index is 13.3. The van der Waals surface area contributed by atoms with Crippen molar-refractivity contribution in [3.05, 3.63) is 430 Å². The molecule has 2 aliphatic rings. The summed E-state index contributed by atoms with van der Waals surface area (Å²) in [6, 6.07) is 127. The van der Waals surface area contributed by atoms with Gasteiger partial charge in [0.05, 0.1) is 10.0 Å². The third-order valence-corrected chi connectivity index (χ3v) is 23.4. The minimum absolute atomic E-state index is 0.00608. The Labute approximate surface area is 653 Å². The molecule has 16 aromatic rings. The molecule has 0 N–H and O–H groups in total. The predicted molar refractivity (Wildman–Crippen MR) is 463 cm³/mol. The monoisotopic (exact) mass is 1460 g/mol. The first kappa shape index (κ1) is 70.0. The summed E-state index contributed by atoms with van der Waals surface area (Å²) in [5, 5.41) is 6.71. The molecule has 14 aromatic carbocycles. The molecule has 0 saturated carbocycles. The average molecular weight is 1460 g/mol. The molecule has 2 aromatic heterocycles. The highest BCUT2D eigenvalue weighted by molar-refractivity contribution is 7.14. The number of benzene rings is 14. The molecule has 0 amide bonds. The highest BCUT2D eigenvalue weighted by atomic mass is 32.1. The van der Waals surface area contributed by atoms with Crippen LogP contribution in [0.1, 0.15) is 92.9 Å². The summed E-state index contributed by atoms with van der Waals surface area (Å²) in [5.74, 6) is 0.0122. The lowest BCUT2D eigenvalue weighted by atomic mass is 9.82. The highest BCUT2D eigenvalue weighted by Crippen LogP contribution is 2.55. The van der Waals surface area contributed by atoms with E-state index in [1.54, 1.807) is 22.7 Å². The van der Waals surface area contributed by atoms with Gasteiger partial charge < -0.3 is 19.6 Å². The minimum atomic E-state index is -0.313. The van der Waals surface area contributed by atoms with E-state index < -0.39 is 0 Å². The summed E-state index contributed by atoms with van der Waals surface area (Å²) in [6.07, 6.45) is 0. The van der Waals surface area contributed by atoms with Gasteiger partial charge in [0.25, 0.3) is 0 Å². The number of hydrogen-bond acceptors (Lipinski definition) is 8. The van der Waals surface area contributed by atoms with E-state index in [-0.39, 0.29) is 22.4 Å². The normalized spacial score (nSPS) is 12.5. The van der Waals surface area contributed by atoms with Crippen LogP contribution in [-0.4, -0.2) is 11.6 Å². The minimum Gasteiger partial charge on any atom is -0.310 e. The number of nitrogens with zero attached hydrogens (tertiary/aromatic N) is 4. The van der Waals surface area contributed by atoms with Crippen LogP contribution in [0.3, 0.4) is 0 Å². The molecule has 532 valence electrons. The summed E-state index contributed by atoms with van der Waals surface area (Å²) in [6.45, 7) is 13.6. The van der Waals surface area contributed by atoms with Crippen LogP contribution in [0.4, 0.5) is 66.9 Å². The lowest BCUT2D eigenvalue weighted by Gasteiger charge is -2.29. The summed E-state index contributed by atoms with van der Waals surface area (Å²) in [7, 11) is 0. The van der Waals surface area contributed by atoms with Gasteiger partial charge in [-0.3, -0.25) is 9.59 Å². The van der Waals surface area contributed by atoms with Gasteiger partial charge in [-0.25, -0.2) is 0 Å². The van der Waals surface area contributed by atoms with Gasteiger partial charge >= 0.3 is 0 Å². The Balaban J connectivity index is 0.000000162. The van der Waals surface area contributed by atoms with Crippen molar-refractivity contribution in [2.75, 3.05) is 19.6 Å². The fourth-order valence-corrected chi connectivity index (χ4v) is 17.3. The molecule has 6 nitrogen and oxygen atoms in total. The number of thiophene rings is 2. The molecule has 2 aliphatic carbocycles. The fourth-order valence-electron chi connectivity index (χ4n) is 15.8. The third-order valence-electron chi connectivity index (χ3n) is 21.7. The molecular weight excluding hydrogens is 1380 g/mol. The van der Waals surface area contributed by atoms with E-state index in [0.29, 0.717) is 22.3 Å². The van der Waals surface area contributed by atoms with Crippen LogP contribution >= 0.6 is 22.7 Å². The molecule has 0 unspecified atom stereocenters. The topological polar surface area (TPSA) is 47.1 Å². The van der Waals surface area contributed by atoms with Crippen molar-refractivity contribution in [2.45, 2.75) is 52.4 Å². The first-order chi connectivity index (χ1) is 53.7. The zero-order chi connectivity index (χ0) is 75.0. The largest absolute Gasteiger partial charge is 0.310 e. The van der Waals surface area contributed by atoms with Gasteiger partial charge in [0, 0.05) is 90.0 Å². The number of aryl methyl sites for hydroxylation is 2. The Morgan fingerprint density at radius 1 is 0.236 bits per heavy atom. The second kappa shape index (κ2) is 29.6. The second-order valence-electron chi connectivity index (χ2n) is 29.4. The van der Waals surface area contributed by atoms with Crippen molar-refractivity contribution in [3.63, 3.8) is 0 Å². The quantitative estimate of drug-likeness (QED) is 0.0798. The molecule has 110 heavy (non-hydrogen) atoms. The van der Waals surface area contributed by atoms with E-state index in [2.05, 4.69) is 327 Å².